The van der Waals surface area contributed by atoms with Crippen LogP contribution in [-0.4, -0.2) is 18.5 Å². The third-order valence-electron chi connectivity index (χ3n) is 3.71. The Kier molecular flexibility index (Phi) is 3.53. The number of hydrogen-bond acceptors (Lipinski definition) is 1. The second-order valence-electron chi connectivity index (χ2n) is 5.12. The molecule has 2 aromatic rings. The molecule has 1 heterocycles. The molecule has 0 bridgehead atoms. The van der Waals surface area contributed by atoms with Crippen molar-refractivity contribution >= 4 is 23.2 Å². The largest absolute Gasteiger partial charge is 0.301 e. The van der Waals surface area contributed by atoms with E-state index in [2.05, 4.69) is 42.3 Å². The number of hydrogen-bond donors (Lipinski definition) is 0. The van der Waals surface area contributed by atoms with Gasteiger partial charge >= 0.3 is 0 Å². The molecule has 1 atom stereocenters. The highest BCUT2D eigenvalue weighted by atomic mass is 35.5. The zero-order valence-electron chi connectivity index (χ0n) is 10.7. The summed E-state index contributed by atoms with van der Waals surface area (Å²) in [5.41, 5.74) is 4.03. The van der Waals surface area contributed by atoms with E-state index in [-0.39, 0.29) is 0 Å². The SMILES string of the molecule is CN1Cc2ccccc2C(c2ccc(Cl)c(Cl)c2)C1. The minimum absolute atomic E-state index is 0.365. The lowest BCUT2D eigenvalue weighted by Crippen LogP contribution is -2.30. The fraction of sp³-hybridized carbons (Fsp3) is 0.250. The van der Waals surface area contributed by atoms with Crippen molar-refractivity contribution in [3.63, 3.8) is 0 Å². The van der Waals surface area contributed by atoms with Gasteiger partial charge in [0.15, 0.2) is 0 Å². The summed E-state index contributed by atoms with van der Waals surface area (Å²) in [4.78, 5) is 2.34. The maximum atomic E-state index is 6.15. The lowest BCUT2D eigenvalue weighted by atomic mass is 9.85. The van der Waals surface area contributed by atoms with Crippen LogP contribution in [0.15, 0.2) is 42.5 Å². The van der Waals surface area contributed by atoms with Crippen LogP contribution in [0.4, 0.5) is 0 Å². The first-order valence-electron chi connectivity index (χ1n) is 6.36. The molecule has 1 unspecified atom stereocenters. The minimum atomic E-state index is 0.365. The highest BCUT2D eigenvalue weighted by Crippen LogP contribution is 2.35. The van der Waals surface area contributed by atoms with Crippen molar-refractivity contribution < 1.29 is 0 Å². The molecule has 98 valence electrons. The van der Waals surface area contributed by atoms with Crippen molar-refractivity contribution in [1.29, 1.82) is 0 Å². The van der Waals surface area contributed by atoms with Crippen molar-refractivity contribution in [2.45, 2.75) is 12.5 Å². The monoisotopic (exact) mass is 291 g/mol. The summed E-state index contributed by atoms with van der Waals surface area (Å²) >= 11 is 12.2. The molecule has 0 saturated carbocycles. The van der Waals surface area contributed by atoms with Gasteiger partial charge in [-0.15, -0.1) is 0 Å². The Morgan fingerprint density at radius 1 is 1.05 bits per heavy atom. The summed E-state index contributed by atoms with van der Waals surface area (Å²) in [5, 5.41) is 1.24. The molecule has 2 aromatic carbocycles. The van der Waals surface area contributed by atoms with Gasteiger partial charge in [0.05, 0.1) is 10.0 Å². The van der Waals surface area contributed by atoms with Crippen LogP contribution in [0, 0.1) is 0 Å². The smallest absolute Gasteiger partial charge is 0.0595 e. The molecule has 0 N–H and O–H groups in total. The lowest BCUT2D eigenvalue weighted by Gasteiger charge is -2.32. The first kappa shape index (κ1) is 13.0. The van der Waals surface area contributed by atoms with E-state index in [9.17, 15) is 0 Å². The number of fused-ring (bicyclic) bond motifs is 1. The molecular weight excluding hydrogens is 277 g/mol. The van der Waals surface area contributed by atoms with Crippen molar-refractivity contribution in [1.82, 2.24) is 4.90 Å². The molecule has 1 nitrogen and oxygen atoms in total. The molecule has 0 saturated heterocycles. The molecule has 0 amide bonds. The molecule has 0 fully saturated rings. The predicted molar refractivity (Wildman–Crippen MR) is 81.1 cm³/mol. The van der Waals surface area contributed by atoms with Gasteiger partial charge < -0.3 is 4.90 Å². The van der Waals surface area contributed by atoms with E-state index in [4.69, 9.17) is 23.2 Å². The van der Waals surface area contributed by atoms with E-state index in [1.165, 1.54) is 16.7 Å². The molecule has 19 heavy (non-hydrogen) atoms. The molecule has 0 aliphatic carbocycles. The number of halogens is 2. The van der Waals surface area contributed by atoms with Gasteiger partial charge in [0.2, 0.25) is 0 Å². The second-order valence-corrected chi connectivity index (χ2v) is 5.94. The molecule has 3 heteroatoms. The van der Waals surface area contributed by atoms with E-state index in [0.29, 0.717) is 16.0 Å². The van der Waals surface area contributed by atoms with E-state index >= 15 is 0 Å². The Hall–Kier alpha value is -1.02. The maximum Gasteiger partial charge on any atom is 0.0595 e. The molecule has 0 aromatic heterocycles. The topological polar surface area (TPSA) is 3.24 Å². The van der Waals surface area contributed by atoms with E-state index in [1.807, 2.05) is 12.1 Å². The lowest BCUT2D eigenvalue weighted by molar-refractivity contribution is 0.295. The molecule has 0 radical (unpaired) electrons. The van der Waals surface area contributed by atoms with Gasteiger partial charge in [-0.3, -0.25) is 0 Å². The minimum Gasteiger partial charge on any atom is -0.301 e. The Morgan fingerprint density at radius 2 is 1.84 bits per heavy atom. The van der Waals surface area contributed by atoms with Crippen LogP contribution in [0.25, 0.3) is 0 Å². The first-order chi connectivity index (χ1) is 9.15. The van der Waals surface area contributed by atoms with Crippen LogP contribution in [0.1, 0.15) is 22.6 Å². The highest BCUT2D eigenvalue weighted by Gasteiger charge is 2.24. The average Bonchev–Trinajstić information content (AvgIpc) is 2.41. The zero-order valence-corrected chi connectivity index (χ0v) is 12.2. The summed E-state index contributed by atoms with van der Waals surface area (Å²) in [6, 6.07) is 14.6. The first-order valence-corrected chi connectivity index (χ1v) is 7.12. The third-order valence-corrected chi connectivity index (χ3v) is 4.45. The molecule has 1 aliphatic rings. The van der Waals surface area contributed by atoms with Gasteiger partial charge in [0.25, 0.3) is 0 Å². The predicted octanol–water partition coefficient (Wildman–Crippen LogP) is 4.57. The maximum absolute atomic E-state index is 6.15. The Bertz CT molecular complexity index is 609. The Labute approximate surface area is 123 Å². The normalized spacial score (nSPS) is 19.2. The van der Waals surface area contributed by atoms with Gasteiger partial charge in [0, 0.05) is 19.0 Å². The standard InChI is InChI=1S/C16H15Cl2N/c1-19-9-12-4-2-3-5-13(12)14(10-19)11-6-7-15(17)16(18)8-11/h2-8,14H,9-10H2,1H3. The van der Waals surface area contributed by atoms with Crippen molar-refractivity contribution in [3.05, 3.63) is 69.2 Å². The van der Waals surface area contributed by atoms with E-state index in [0.717, 1.165) is 13.1 Å². The zero-order chi connectivity index (χ0) is 13.4. The highest BCUT2D eigenvalue weighted by molar-refractivity contribution is 6.42. The van der Waals surface area contributed by atoms with E-state index in [1.54, 1.807) is 0 Å². The van der Waals surface area contributed by atoms with Gasteiger partial charge in [-0.1, -0.05) is 53.5 Å². The van der Waals surface area contributed by atoms with Crippen LogP contribution in [0.5, 0.6) is 0 Å². The number of nitrogens with zero attached hydrogens (tertiary/aromatic N) is 1. The Morgan fingerprint density at radius 3 is 2.63 bits per heavy atom. The van der Waals surface area contributed by atoms with Crippen LogP contribution < -0.4 is 0 Å². The summed E-state index contributed by atoms with van der Waals surface area (Å²) < 4.78 is 0. The van der Waals surface area contributed by atoms with Crippen molar-refractivity contribution in [2.75, 3.05) is 13.6 Å². The molecule has 0 spiro atoms. The summed E-state index contributed by atoms with van der Waals surface area (Å²) in [6.07, 6.45) is 0. The van der Waals surface area contributed by atoms with Gasteiger partial charge in [-0.2, -0.15) is 0 Å². The molecule has 1 aliphatic heterocycles. The van der Waals surface area contributed by atoms with Crippen LogP contribution in [0.3, 0.4) is 0 Å². The molecule has 3 rings (SSSR count). The average molecular weight is 292 g/mol. The summed E-state index contributed by atoms with van der Waals surface area (Å²) in [6.45, 7) is 2.02. The quantitative estimate of drug-likeness (QED) is 0.744. The Balaban J connectivity index is 2.07. The van der Waals surface area contributed by atoms with Crippen molar-refractivity contribution in [3.8, 4) is 0 Å². The number of rotatable bonds is 1. The van der Waals surface area contributed by atoms with Gasteiger partial charge in [-0.05, 0) is 35.9 Å². The van der Waals surface area contributed by atoms with Crippen LogP contribution in [0.2, 0.25) is 10.0 Å². The van der Waals surface area contributed by atoms with E-state index < -0.39 is 0 Å². The fourth-order valence-electron chi connectivity index (χ4n) is 2.80. The van der Waals surface area contributed by atoms with Gasteiger partial charge in [-0.25, -0.2) is 0 Å². The fourth-order valence-corrected chi connectivity index (χ4v) is 3.10. The second kappa shape index (κ2) is 5.16. The third kappa shape index (κ3) is 2.51. The van der Waals surface area contributed by atoms with Crippen LogP contribution in [-0.2, 0) is 6.54 Å². The number of likely N-dealkylation sites (N-methyl/N-ethyl adjacent to an activating group) is 1. The molecular formula is C16H15Cl2N. The summed E-state index contributed by atoms with van der Waals surface area (Å²) in [7, 11) is 2.15. The number of benzene rings is 2. The van der Waals surface area contributed by atoms with Gasteiger partial charge in [0.1, 0.15) is 0 Å². The van der Waals surface area contributed by atoms with Crippen LogP contribution >= 0.6 is 23.2 Å². The summed E-state index contributed by atoms with van der Waals surface area (Å²) in [5.74, 6) is 0.365. The van der Waals surface area contributed by atoms with Crippen molar-refractivity contribution in [2.24, 2.45) is 0 Å².